The molecule has 51 valence electrons. The zero-order chi connectivity index (χ0) is 7.11. The summed E-state index contributed by atoms with van der Waals surface area (Å²) >= 11 is 0. The van der Waals surface area contributed by atoms with Crippen LogP contribution in [-0.4, -0.2) is 6.29 Å². The molecule has 1 heteroatoms. The highest BCUT2D eigenvalue weighted by Crippen LogP contribution is 1.99. The molecule has 0 unspecified atom stereocenters. The van der Waals surface area contributed by atoms with Crippen molar-refractivity contribution in [2.45, 2.75) is 33.1 Å². The van der Waals surface area contributed by atoms with Crippen molar-refractivity contribution in [3.8, 4) is 0 Å². The lowest BCUT2D eigenvalue weighted by Gasteiger charge is -1.89. The van der Waals surface area contributed by atoms with Gasteiger partial charge in [0.1, 0.15) is 0 Å². The largest absolute Gasteiger partial charge is 0.285 e. The Morgan fingerprint density at radius 1 is 1.56 bits per heavy atom. The first-order valence-corrected chi connectivity index (χ1v) is 3.42. The molecule has 0 spiro atoms. The van der Waals surface area contributed by atoms with E-state index in [1.807, 2.05) is 19.3 Å². The van der Waals surface area contributed by atoms with Crippen LogP contribution >= 0.6 is 0 Å². The van der Waals surface area contributed by atoms with Crippen LogP contribution in [0.1, 0.15) is 33.1 Å². The van der Waals surface area contributed by atoms with E-state index in [-0.39, 0.29) is 0 Å². The first kappa shape index (κ1) is 8.41. The number of unbranched alkanes of at least 4 members (excludes halogenated alkanes) is 1. The van der Waals surface area contributed by atoms with Crippen LogP contribution in [0.15, 0.2) is 11.6 Å². The molecule has 0 fully saturated rings. The van der Waals surface area contributed by atoms with E-state index in [2.05, 4.69) is 6.92 Å². The molecule has 0 bridgehead atoms. The maximum absolute atomic E-state index is 10.0. The van der Waals surface area contributed by atoms with E-state index in [1.165, 1.54) is 0 Å². The quantitative estimate of drug-likeness (QED) is 0.526. The van der Waals surface area contributed by atoms with Gasteiger partial charge in [-0.05, 0) is 18.4 Å². The molecule has 0 aromatic heterocycles. The SMILES string of the molecule is CCC/C=C(/[C]=O)CC. The summed E-state index contributed by atoms with van der Waals surface area (Å²) in [4.78, 5) is 10.0. The Kier molecular flexibility index (Phi) is 5.18. The molecule has 0 saturated heterocycles. The Morgan fingerprint density at radius 2 is 2.22 bits per heavy atom. The Morgan fingerprint density at radius 3 is 2.56 bits per heavy atom. The lowest BCUT2D eigenvalue weighted by molar-refractivity contribution is 0.560. The third-order valence-electron chi connectivity index (χ3n) is 1.19. The molecule has 0 aliphatic carbocycles. The monoisotopic (exact) mass is 125 g/mol. The molecular weight excluding hydrogens is 112 g/mol. The standard InChI is InChI=1S/C8H13O/c1-3-5-6-8(4-2)7-9/h6H,3-5H2,1-2H3/b8-6+. The number of allylic oxidation sites excluding steroid dienone is 2. The minimum atomic E-state index is 0.803. The zero-order valence-corrected chi connectivity index (χ0v) is 6.11. The molecule has 1 radical (unpaired) electrons. The van der Waals surface area contributed by atoms with Gasteiger partial charge < -0.3 is 0 Å². The van der Waals surface area contributed by atoms with E-state index >= 15 is 0 Å². The van der Waals surface area contributed by atoms with Gasteiger partial charge in [-0.3, -0.25) is 4.79 Å². The summed E-state index contributed by atoms with van der Waals surface area (Å²) in [5, 5.41) is 0. The maximum atomic E-state index is 10.0. The van der Waals surface area contributed by atoms with Crippen LogP contribution in [0, 0.1) is 0 Å². The molecule has 0 rings (SSSR count). The van der Waals surface area contributed by atoms with Crippen molar-refractivity contribution >= 4 is 6.29 Å². The minimum Gasteiger partial charge on any atom is -0.285 e. The molecule has 0 aliphatic rings. The van der Waals surface area contributed by atoms with Crippen LogP contribution < -0.4 is 0 Å². The van der Waals surface area contributed by atoms with Gasteiger partial charge in [0.25, 0.3) is 0 Å². The van der Waals surface area contributed by atoms with Gasteiger partial charge in [0.05, 0.1) is 0 Å². The van der Waals surface area contributed by atoms with Gasteiger partial charge >= 0.3 is 0 Å². The summed E-state index contributed by atoms with van der Waals surface area (Å²) in [7, 11) is 0. The molecule has 0 aliphatic heterocycles. The van der Waals surface area contributed by atoms with Crippen molar-refractivity contribution in [2.75, 3.05) is 0 Å². The smallest absolute Gasteiger partial charge is 0.228 e. The normalized spacial score (nSPS) is 11.6. The van der Waals surface area contributed by atoms with Crippen molar-refractivity contribution < 1.29 is 4.79 Å². The number of hydrogen-bond acceptors (Lipinski definition) is 1. The lowest BCUT2D eigenvalue weighted by Crippen LogP contribution is -1.80. The van der Waals surface area contributed by atoms with Gasteiger partial charge in [-0.25, -0.2) is 0 Å². The van der Waals surface area contributed by atoms with Crippen molar-refractivity contribution in [1.29, 1.82) is 0 Å². The zero-order valence-electron chi connectivity index (χ0n) is 6.11. The second-order valence-electron chi connectivity index (χ2n) is 1.97. The average molecular weight is 125 g/mol. The van der Waals surface area contributed by atoms with Gasteiger partial charge in [-0.15, -0.1) is 0 Å². The third-order valence-corrected chi connectivity index (χ3v) is 1.19. The molecule has 0 amide bonds. The predicted octanol–water partition coefficient (Wildman–Crippen LogP) is 2.23. The summed E-state index contributed by atoms with van der Waals surface area (Å²) in [6.07, 6.45) is 6.76. The summed E-state index contributed by atoms with van der Waals surface area (Å²) in [5.74, 6) is 0. The van der Waals surface area contributed by atoms with Crippen LogP contribution in [0.4, 0.5) is 0 Å². The second-order valence-corrected chi connectivity index (χ2v) is 1.97. The fourth-order valence-electron chi connectivity index (χ4n) is 0.577. The summed E-state index contributed by atoms with van der Waals surface area (Å²) in [6.45, 7) is 4.06. The van der Waals surface area contributed by atoms with Crippen molar-refractivity contribution in [1.82, 2.24) is 0 Å². The van der Waals surface area contributed by atoms with E-state index in [4.69, 9.17) is 0 Å². The summed E-state index contributed by atoms with van der Waals surface area (Å²) in [5.41, 5.74) is 0.803. The van der Waals surface area contributed by atoms with Gasteiger partial charge in [0.2, 0.25) is 6.29 Å². The topological polar surface area (TPSA) is 17.1 Å². The molecule has 0 saturated carbocycles. The van der Waals surface area contributed by atoms with Crippen LogP contribution in [-0.2, 0) is 4.79 Å². The van der Waals surface area contributed by atoms with Gasteiger partial charge in [0, 0.05) is 0 Å². The van der Waals surface area contributed by atoms with Gasteiger partial charge in [0.15, 0.2) is 0 Å². The van der Waals surface area contributed by atoms with Crippen molar-refractivity contribution in [3.05, 3.63) is 11.6 Å². The number of carbonyl (C=O) groups excluding carboxylic acids is 1. The van der Waals surface area contributed by atoms with Crippen LogP contribution in [0.25, 0.3) is 0 Å². The van der Waals surface area contributed by atoms with Crippen LogP contribution in [0.3, 0.4) is 0 Å². The lowest BCUT2D eigenvalue weighted by atomic mass is 10.2. The molecule has 0 atom stereocenters. The van der Waals surface area contributed by atoms with E-state index in [9.17, 15) is 4.79 Å². The maximum Gasteiger partial charge on any atom is 0.228 e. The predicted molar refractivity (Wildman–Crippen MR) is 39.0 cm³/mol. The molecule has 0 heterocycles. The molecule has 0 aromatic carbocycles. The minimum absolute atomic E-state index is 0.803. The molecule has 9 heavy (non-hydrogen) atoms. The average Bonchev–Trinajstić information content (AvgIpc) is 1.91. The van der Waals surface area contributed by atoms with E-state index < -0.39 is 0 Å². The summed E-state index contributed by atoms with van der Waals surface area (Å²) < 4.78 is 0. The second kappa shape index (κ2) is 5.54. The molecular formula is C8H13O. The Hall–Kier alpha value is -0.590. The van der Waals surface area contributed by atoms with Crippen LogP contribution in [0.5, 0.6) is 0 Å². The first-order chi connectivity index (χ1) is 4.35. The highest BCUT2D eigenvalue weighted by Gasteiger charge is 1.88. The van der Waals surface area contributed by atoms with Crippen molar-refractivity contribution in [3.63, 3.8) is 0 Å². The van der Waals surface area contributed by atoms with E-state index in [1.54, 1.807) is 0 Å². The fraction of sp³-hybridized carbons (Fsp3) is 0.625. The van der Waals surface area contributed by atoms with Gasteiger partial charge in [-0.1, -0.05) is 26.3 Å². The van der Waals surface area contributed by atoms with Crippen molar-refractivity contribution in [2.24, 2.45) is 0 Å². The highest BCUT2D eigenvalue weighted by atomic mass is 16.1. The number of rotatable bonds is 4. The fourth-order valence-corrected chi connectivity index (χ4v) is 0.577. The van der Waals surface area contributed by atoms with E-state index in [0.717, 1.165) is 24.8 Å². The summed E-state index contributed by atoms with van der Waals surface area (Å²) in [6, 6.07) is 0. The Labute approximate surface area is 56.8 Å². The van der Waals surface area contributed by atoms with E-state index in [0.29, 0.717) is 0 Å². The number of hydrogen-bond donors (Lipinski definition) is 0. The molecule has 0 N–H and O–H groups in total. The first-order valence-electron chi connectivity index (χ1n) is 3.42. The van der Waals surface area contributed by atoms with Crippen LogP contribution in [0.2, 0.25) is 0 Å². The Bertz CT molecular complexity index is 103. The molecule has 1 nitrogen and oxygen atoms in total. The van der Waals surface area contributed by atoms with Gasteiger partial charge in [-0.2, -0.15) is 0 Å². The third kappa shape index (κ3) is 3.95. The highest BCUT2D eigenvalue weighted by molar-refractivity contribution is 5.73. The Balaban J connectivity index is 3.61. The molecule has 0 aromatic rings.